The number of hydrogen-bond donors (Lipinski definition) is 2. The fourth-order valence-corrected chi connectivity index (χ4v) is 5.80. The summed E-state index contributed by atoms with van der Waals surface area (Å²) >= 11 is 1.71. The van der Waals surface area contributed by atoms with Gasteiger partial charge < -0.3 is 20.1 Å². The highest BCUT2D eigenvalue weighted by molar-refractivity contribution is 7.14. The summed E-state index contributed by atoms with van der Waals surface area (Å²) in [7, 11) is 3.36. The zero-order chi connectivity index (χ0) is 24.7. The first-order chi connectivity index (χ1) is 16.3. The van der Waals surface area contributed by atoms with Crippen LogP contribution in [-0.4, -0.2) is 45.5 Å². The number of methoxy groups -OCH3 is 1. The Morgan fingerprint density at radius 3 is 2.71 bits per heavy atom. The second kappa shape index (κ2) is 11.8. The van der Waals surface area contributed by atoms with Crippen molar-refractivity contribution in [3.05, 3.63) is 44.6 Å². The number of carbonyl (C=O) groups is 2. The molecule has 1 heterocycles. The first-order valence-electron chi connectivity index (χ1n) is 12.2. The van der Waals surface area contributed by atoms with Crippen molar-refractivity contribution in [3.63, 3.8) is 0 Å². The topological polar surface area (TPSA) is 76.7 Å². The van der Waals surface area contributed by atoms with E-state index in [-0.39, 0.29) is 18.2 Å². The molecule has 1 aromatic carbocycles. The average molecular weight is 487 g/mol. The fraction of sp³-hybridized carbons (Fsp3) is 0.556. The minimum Gasteiger partial charge on any atom is -0.496 e. The summed E-state index contributed by atoms with van der Waals surface area (Å²) in [5.41, 5.74) is 4.05. The van der Waals surface area contributed by atoms with E-state index < -0.39 is 0 Å². The largest absolute Gasteiger partial charge is 0.496 e. The Kier molecular flexibility index (Phi) is 9.14. The highest BCUT2D eigenvalue weighted by atomic mass is 32.1. The van der Waals surface area contributed by atoms with Gasteiger partial charge in [0.05, 0.1) is 25.1 Å². The molecular weight excluding hydrogens is 448 g/mol. The van der Waals surface area contributed by atoms with Crippen LogP contribution in [0.1, 0.15) is 64.9 Å². The molecule has 1 aliphatic rings. The zero-order valence-corrected chi connectivity index (χ0v) is 22.0. The maximum Gasteiger partial charge on any atom is 0.234 e. The number of aryl methyl sites for hydroxylation is 2. The average Bonchev–Trinajstić information content (AvgIpc) is 3.17. The number of benzene rings is 1. The number of carbonyl (C=O) groups excluding carboxylic acids is 2. The lowest BCUT2D eigenvalue weighted by atomic mass is 9.74. The predicted octanol–water partition coefficient (Wildman–Crippen LogP) is 4.36. The van der Waals surface area contributed by atoms with Gasteiger partial charge in [0, 0.05) is 17.4 Å². The van der Waals surface area contributed by atoms with Crippen LogP contribution in [0.5, 0.6) is 11.5 Å². The van der Waals surface area contributed by atoms with Crippen LogP contribution in [0.3, 0.4) is 0 Å². The van der Waals surface area contributed by atoms with Gasteiger partial charge in [0.2, 0.25) is 5.91 Å². The predicted molar refractivity (Wildman–Crippen MR) is 138 cm³/mol. The van der Waals surface area contributed by atoms with E-state index in [2.05, 4.69) is 31.4 Å². The summed E-state index contributed by atoms with van der Waals surface area (Å²) in [5.74, 6) is 1.57. The van der Waals surface area contributed by atoms with Gasteiger partial charge in [-0.15, -0.1) is 11.3 Å². The van der Waals surface area contributed by atoms with Crippen LogP contribution in [0, 0.1) is 5.41 Å². The number of ketones is 1. The van der Waals surface area contributed by atoms with Crippen molar-refractivity contribution in [2.75, 3.05) is 33.9 Å². The smallest absolute Gasteiger partial charge is 0.234 e. The summed E-state index contributed by atoms with van der Waals surface area (Å²) in [4.78, 5) is 27.1. The SMILES string of the molecule is CCc1sc(C(=O)CCc2ccc(OCCNC(=O)CNC)cc2OC)c2c1CC(C)(C)CC2. The van der Waals surface area contributed by atoms with Crippen LogP contribution in [0.2, 0.25) is 0 Å². The van der Waals surface area contributed by atoms with Gasteiger partial charge in [-0.3, -0.25) is 9.59 Å². The van der Waals surface area contributed by atoms with Gasteiger partial charge >= 0.3 is 0 Å². The van der Waals surface area contributed by atoms with Crippen molar-refractivity contribution in [1.82, 2.24) is 10.6 Å². The van der Waals surface area contributed by atoms with E-state index in [9.17, 15) is 9.59 Å². The Morgan fingerprint density at radius 2 is 2.00 bits per heavy atom. The number of thiophene rings is 1. The third-order valence-electron chi connectivity index (χ3n) is 6.39. The van der Waals surface area contributed by atoms with Gasteiger partial charge in [0.15, 0.2) is 5.78 Å². The number of nitrogens with one attached hydrogen (secondary N) is 2. The van der Waals surface area contributed by atoms with Crippen LogP contribution in [0.15, 0.2) is 18.2 Å². The number of likely N-dealkylation sites (N-methyl/N-ethyl adjacent to an activating group) is 1. The molecule has 0 unspecified atom stereocenters. The third-order valence-corrected chi connectivity index (χ3v) is 7.85. The van der Waals surface area contributed by atoms with Gasteiger partial charge in [-0.2, -0.15) is 0 Å². The highest BCUT2D eigenvalue weighted by Crippen LogP contribution is 2.42. The number of rotatable bonds is 12. The van der Waals surface area contributed by atoms with Crippen molar-refractivity contribution >= 4 is 23.0 Å². The van der Waals surface area contributed by atoms with Crippen molar-refractivity contribution in [3.8, 4) is 11.5 Å². The van der Waals surface area contributed by atoms with Crippen LogP contribution in [0.25, 0.3) is 0 Å². The molecule has 0 atom stereocenters. The first kappa shape index (κ1) is 26.2. The molecule has 1 aromatic heterocycles. The van der Waals surface area contributed by atoms with Gasteiger partial charge in [-0.1, -0.05) is 26.8 Å². The molecular formula is C27H38N2O4S. The van der Waals surface area contributed by atoms with E-state index in [4.69, 9.17) is 9.47 Å². The van der Waals surface area contributed by atoms with E-state index in [0.717, 1.165) is 36.1 Å². The van der Waals surface area contributed by atoms with Gasteiger partial charge in [-0.25, -0.2) is 0 Å². The number of hydrogen-bond acceptors (Lipinski definition) is 6. The van der Waals surface area contributed by atoms with Gasteiger partial charge in [0.1, 0.15) is 18.1 Å². The van der Waals surface area contributed by atoms with E-state index in [1.165, 1.54) is 16.0 Å². The molecule has 6 nitrogen and oxygen atoms in total. The molecule has 7 heteroatoms. The monoisotopic (exact) mass is 486 g/mol. The molecule has 186 valence electrons. The van der Waals surface area contributed by atoms with E-state index in [1.807, 2.05) is 18.2 Å². The summed E-state index contributed by atoms with van der Waals surface area (Å²) < 4.78 is 11.3. The normalized spacial score (nSPS) is 14.4. The minimum absolute atomic E-state index is 0.0644. The van der Waals surface area contributed by atoms with E-state index >= 15 is 0 Å². The third kappa shape index (κ3) is 6.60. The maximum atomic E-state index is 13.2. The number of amides is 1. The lowest BCUT2D eigenvalue weighted by Gasteiger charge is -2.30. The van der Waals surface area contributed by atoms with Crippen molar-refractivity contribution in [1.29, 1.82) is 0 Å². The van der Waals surface area contributed by atoms with E-state index in [1.54, 1.807) is 25.5 Å². The molecule has 0 fully saturated rings. The van der Waals surface area contributed by atoms with Crippen molar-refractivity contribution < 1.29 is 19.1 Å². The molecule has 0 saturated heterocycles. The second-order valence-corrected chi connectivity index (χ2v) is 10.7. The molecule has 0 aliphatic heterocycles. The lowest BCUT2D eigenvalue weighted by Crippen LogP contribution is -2.34. The molecule has 34 heavy (non-hydrogen) atoms. The summed E-state index contributed by atoms with van der Waals surface area (Å²) in [6.45, 7) is 7.93. The van der Waals surface area contributed by atoms with E-state index in [0.29, 0.717) is 42.9 Å². The molecule has 1 amide bonds. The van der Waals surface area contributed by atoms with Crippen LogP contribution >= 0.6 is 11.3 Å². The van der Waals surface area contributed by atoms with Gasteiger partial charge in [-0.05, 0) is 67.3 Å². The van der Waals surface area contributed by atoms with Crippen LogP contribution in [0.4, 0.5) is 0 Å². The molecule has 2 aromatic rings. The lowest BCUT2D eigenvalue weighted by molar-refractivity contribution is -0.120. The molecule has 0 radical (unpaired) electrons. The Bertz CT molecular complexity index is 1010. The molecule has 1 aliphatic carbocycles. The number of ether oxygens (including phenoxy) is 2. The first-order valence-corrected chi connectivity index (χ1v) is 13.0. The highest BCUT2D eigenvalue weighted by Gasteiger charge is 2.31. The molecule has 0 spiro atoms. The Labute approximate surface area is 207 Å². The van der Waals surface area contributed by atoms with Crippen molar-refractivity contribution in [2.24, 2.45) is 5.41 Å². The van der Waals surface area contributed by atoms with Crippen LogP contribution in [-0.2, 0) is 30.5 Å². The zero-order valence-electron chi connectivity index (χ0n) is 21.1. The Hall–Kier alpha value is -2.38. The second-order valence-electron chi connectivity index (χ2n) is 9.63. The molecule has 0 bridgehead atoms. The Morgan fingerprint density at radius 1 is 1.21 bits per heavy atom. The van der Waals surface area contributed by atoms with Crippen molar-refractivity contribution in [2.45, 2.75) is 59.3 Å². The summed E-state index contributed by atoms with van der Waals surface area (Å²) in [6, 6.07) is 5.70. The summed E-state index contributed by atoms with van der Waals surface area (Å²) in [5, 5.41) is 5.59. The quantitative estimate of drug-likeness (QED) is 0.344. The molecule has 0 saturated carbocycles. The summed E-state index contributed by atoms with van der Waals surface area (Å²) in [6.07, 6.45) is 5.30. The molecule has 2 N–H and O–H groups in total. The maximum absolute atomic E-state index is 13.2. The standard InChI is InChI=1S/C27H38N2O4S/c1-6-24-21-16-27(2,3)12-11-20(21)26(34-24)22(30)10-8-18-7-9-19(15-23(18)32-5)33-14-13-29-25(31)17-28-4/h7,9,15,28H,6,8,10-14,16-17H2,1-5H3,(H,29,31). The van der Waals surface area contributed by atoms with Gasteiger partial charge in [0.25, 0.3) is 0 Å². The Balaban J connectivity index is 1.60. The minimum atomic E-state index is -0.0644. The number of Topliss-reactive ketones (excluding diaryl/α,β-unsaturated/α-hetero) is 1. The van der Waals surface area contributed by atoms with Crippen LogP contribution < -0.4 is 20.1 Å². The fourth-order valence-electron chi connectivity index (χ4n) is 4.53. The molecule has 3 rings (SSSR count). The number of fused-ring (bicyclic) bond motifs is 1.